The van der Waals surface area contributed by atoms with Crippen molar-refractivity contribution < 1.29 is 0 Å². The van der Waals surface area contributed by atoms with E-state index in [-0.39, 0.29) is 5.11 Å². The molecule has 0 bridgehead atoms. The molecule has 0 aliphatic rings. The second-order valence-corrected chi connectivity index (χ2v) is 4.22. The van der Waals surface area contributed by atoms with Gasteiger partial charge in [-0.3, -0.25) is 10.9 Å². The Morgan fingerprint density at radius 2 is 1.83 bits per heavy atom. The summed E-state index contributed by atoms with van der Waals surface area (Å²) in [6, 6.07) is 11.8. The molecule has 0 radical (unpaired) electrons. The van der Waals surface area contributed by atoms with Crippen molar-refractivity contribution in [1.29, 1.82) is 0 Å². The van der Waals surface area contributed by atoms with Gasteiger partial charge in [-0.1, -0.05) is 29.8 Å². The second-order valence-electron chi connectivity index (χ2n) is 3.78. The average molecular weight is 259 g/mol. The van der Waals surface area contributed by atoms with Crippen molar-refractivity contribution in [3.8, 4) is 11.3 Å². The molecule has 0 amide bonds. The lowest BCUT2D eigenvalue weighted by Crippen LogP contribution is -2.34. The Labute approximate surface area is 110 Å². The summed E-state index contributed by atoms with van der Waals surface area (Å²) in [6.07, 6.45) is 0. The second kappa shape index (κ2) is 5.42. The highest BCUT2D eigenvalue weighted by Gasteiger charge is 2.00. The minimum absolute atomic E-state index is 0.152. The number of thiocarbonyl (C=S) groups is 1. The molecule has 0 aliphatic carbocycles. The maximum Gasteiger partial charge on any atom is 0.182 e. The zero-order chi connectivity index (χ0) is 13.0. The molecule has 6 heteroatoms. The number of nitrogens with one attached hydrogen (secondary N) is 2. The maximum atomic E-state index is 5.29. The SMILES string of the molecule is Cc1ccc(-c2ccc(NNC(N)=S)nn2)cc1. The zero-order valence-electron chi connectivity index (χ0n) is 9.84. The van der Waals surface area contributed by atoms with Crippen molar-refractivity contribution in [3.05, 3.63) is 42.0 Å². The minimum Gasteiger partial charge on any atom is -0.375 e. The summed E-state index contributed by atoms with van der Waals surface area (Å²) in [4.78, 5) is 0. The first-order valence-electron chi connectivity index (χ1n) is 5.37. The lowest BCUT2D eigenvalue weighted by atomic mass is 10.1. The van der Waals surface area contributed by atoms with E-state index in [0.717, 1.165) is 11.3 Å². The zero-order valence-corrected chi connectivity index (χ0v) is 10.7. The first-order valence-corrected chi connectivity index (χ1v) is 5.78. The highest BCUT2D eigenvalue weighted by atomic mass is 32.1. The third-order valence-electron chi connectivity index (χ3n) is 2.33. The molecule has 4 N–H and O–H groups in total. The predicted molar refractivity (Wildman–Crippen MR) is 75.7 cm³/mol. The van der Waals surface area contributed by atoms with Gasteiger partial charge in [0.15, 0.2) is 10.9 Å². The number of nitrogens with two attached hydrogens (primary N) is 1. The van der Waals surface area contributed by atoms with Crippen LogP contribution in [-0.4, -0.2) is 15.3 Å². The molecule has 1 aromatic heterocycles. The number of anilines is 1. The fraction of sp³-hybridized carbons (Fsp3) is 0.0833. The molecule has 0 fully saturated rings. The van der Waals surface area contributed by atoms with Crippen LogP contribution < -0.4 is 16.6 Å². The molecule has 18 heavy (non-hydrogen) atoms. The van der Waals surface area contributed by atoms with E-state index in [1.54, 1.807) is 6.07 Å². The van der Waals surface area contributed by atoms with Gasteiger partial charge in [-0.2, -0.15) is 0 Å². The van der Waals surface area contributed by atoms with Crippen LogP contribution >= 0.6 is 12.2 Å². The molecule has 5 nitrogen and oxygen atoms in total. The van der Waals surface area contributed by atoms with Gasteiger partial charge in [-0.05, 0) is 31.3 Å². The van der Waals surface area contributed by atoms with E-state index in [1.165, 1.54) is 5.56 Å². The van der Waals surface area contributed by atoms with Gasteiger partial charge in [0.25, 0.3) is 0 Å². The molecule has 2 aromatic rings. The van der Waals surface area contributed by atoms with E-state index in [2.05, 4.69) is 33.3 Å². The minimum atomic E-state index is 0.152. The smallest absolute Gasteiger partial charge is 0.182 e. The van der Waals surface area contributed by atoms with Crippen molar-refractivity contribution in [3.63, 3.8) is 0 Å². The molecule has 0 spiro atoms. The van der Waals surface area contributed by atoms with Crippen LogP contribution in [0.5, 0.6) is 0 Å². The van der Waals surface area contributed by atoms with E-state index < -0.39 is 0 Å². The topological polar surface area (TPSA) is 75.9 Å². The summed E-state index contributed by atoms with van der Waals surface area (Å²) in [7, 11) is 0. The maximum absolute atomic E-state index is 5.29. The molecule has 92 valence electrons. The Hall–Kier alpha value is -2.21. The number of hydrogen-bond donors (Lipinski definition) is 3. The molecular weight excluding hydrogens is 246 g/mol. The van der Waals surface area contributed by atoms with Crippen LogP contribution in [0.25, 0.3) is 11.3 Å². The molecule has 2 rings (SSSR count). The Morgan fingerprint density at radius 3 is 2.39 bits per heavy atom. The van der Waals surface area contributed by atoms with Crippen molar-refractivity contribution in [2.24, 2.45) is 5.73 Å². The lowest BCUT2D eigenvalue weighted by molar-refractivity contribution is 0.994. The van der Waals surface area contributed by atoms with E-state index in [0.29, 0.717) is 5.82 Å². The highest BCUT2D eigenvalue weighted by molar-refractivity contribution is 7.80. The average Bonchev–Trinajstić information content (AvgIpc) is 2.38. The fourth-order valence-electron chi connectivity index (χ4n) is 1.40. The van der Waals surface area contributed by atoms with Gasteiger partial charge in [0, 0.05) is 5.56 Å². The standard InChI is InChI=1S/C12H13N5S/c1-8-2-4-9(5-3-8)10-6-7-11(15-14-10)16-17-12(13)18/h2-7H,1H3,(H,15,16)(H3,13,17,18). The first kappa shape index (κ1) is 12.3. The molecule has 1 aromatic carbocycles. The van der Waals surface area contributed by atoms with E-state index >= 15 is 0 Å². The quantitative estimate of drug-likeness (QED) is 0.574. The molecular formula is C12H13N5S. The Kier molecular flexibility index (Phi) is 3.69. The molecule has 0 aliphatic heterocycles. The van der Waals surface area contributed by atoms with Crippen molar-refractivity contribution in [2.75, 3.05) is 5.43 Å². The summed E-state index contributed by atoms with van der Waals surface area (Å²) >= 11 is 4.67. The third kappa shape index (κ3) is 3.14. The third-order valence-corrected chi connectivity index (χ3v) is 2.43. The number of benzene rings is 1. The van der Waals surface area contributed by atoms with Crippen LogP contribution in [0.15, 0.2) is 36.4 Å². The van der Waals surface area contributed by atoms with Gasteiger partial charge in [0.1, 0.15) is 0 Å². The summed E-state index contributed by atoms with van der Waals surface area (Å²) in [6.45, 7) is 2.05. The van der Waals surface area contributed by atoms with Gasteiger partial charge in [-0.15, -0.1) is 10.2 Å². The Balaban J connectivity index is 2.12. The largest absolute Gasteiger partial charge is 0.375 e. The van der Waals surface area contributed by atoms with E-state index in [4.69, 9.17) is 5.73 Å². The molecule has 0 saturated heterocycles. The summed E-state index contributed by atoms with van der Waals surface area (Å²) in [5, 5.41) is 8.28. The Morgan fingerprint density at radius 1 is 1.11 bits per heavy atom. The van der Waals surface area contributed by atoms with Crippen LogP contribution in [0, 0.1) is 6.92 Å². The molecule has 0 atom stereocenters. The van der Waals surface area contributed by atoms with Gasteiger partial charge in [0.2, 0.25) is 0 Å². The van der Waals surface area contributed by atoms with Gasteiger partial charge < -0.3 is 5.73 Å². The number of rotatable bonds is 3. The fourth-order valence-corrected chi connectivity index (χ4v) is 1.45. The summed E-state index contributed by atoms with van der Waals surface area (Å²) in [5.74, 6) is 0.554. The van der Waals surface area contributed by atoms with Crippen molar-refractivity contribution in [1.82, 2.24) is 15.6 Å². The first-order chi connectivity index (χ1) is 8.65. The number of hydrazine groups is 1. The normalized spacial score (nSPS) is 9.83. The monoisotopic (exact) mass is 259 g/mol. The number of aryl methyl sites for hydroxylation is 1. The van der Waals surface area contributed by atoms with Crippen LogP contribution in [-0.2, 0) is 0 Å². The van der Waals surface area contributed by atoms with Gasteiger partial charge >= 0.3 is 0 Å². The van der Waals surface area contributed by atoms with E-state index in [1.807, 2.05) is 37.3 Å². The summed E-state index contributed by atoms with van der Waals surface area (Å²) < 4.78 is 0. The number of hydrogen-bond acceptors (Lipinski definition) is 4. The van der Waals surface area contributed by atoms with Gasteiger partial charge in [0.05, 0.1) is 5.69 Å². The molecule has 0 saturated carbocycles. The van der Waals surface area contributed by atoms with Crippen molar-refractivity contribution in [2.45, 2.75) is 6.92 Å². The van der Waals surface area contributed by atoms with E-state index in [9.17, 15) is 0 Å². The van der Waals surface area contributed by atoms with Crippen LogP contribution in [0.4, 0.5) is 5.82 Å². The highest BCUT2D eigenvalue weighted by Crippen LogP contribution is 2.17. The Bertz CT molecular complexity index is 535. The summed E-state index contributed by atoms with van der Waals surface area (Å²) in [5.41, 5.74) is 13.7. The van der Waals surface area contributed by atoms with Crippen LogP contribution in [0.1, 0.15) is 5.56 Å². The molecule has 1 heterocycles. The number of nitrogens with zero attached hydrogens (tertiary/aromatic N) is 2. The van der Waals surface area contributed by atoms with Crippen molar-refractivity contribution >= 4 is 23.1 Å². The van der Waals surface area contributed by atoms with Crippen LogP contribution in [0.3, 0.4) is 0 Å². The van der Waals surface area contributed by atoms with Crippen LogP contribution in [0.2, 0.25) is 0 Å². The van der Waals surface area contributed by atoms with Gasteiger partial charge in [-0.25, -0.2) is 0 Å². The lowest BCUT2D eigenvalue weighted by Gasteiger charge is -2.06. The number of aromatic nitrogens is 2. The predicted octanol–water partition coefficient (Wildman–Crippen LogP) is 1.61. The molecule has 0 unspecified atom stereocenters.